The Bertz CT molecular complexity index is 633. The van der Waals surface area contributed by atoms with Gasteiger partial charge in [0, 0.05) is 38.7 Å². The Balaban J connectivity index is 2.22. The molecule has 1 aromatic heterocycles. The minimum Gasteiger partial charge on any atom is -0.385 e. The lowest BCUT2D eigenvalue weighted by Gasteiger charge is -2.19. The first kappa shape index (κ1) is 15.1. The van der Waals surface area contributed by atoms with Crippen molar-refractivity contribution >= 4 is 11.6 Å². The lowest BCUT2D eigenvalue weighted by atomic mass is 10.1. The van der Waals surface area contributed by atoms with Crippen molar-refractivity contribution in [1.29, 1.82) is 0 Å². The number of nitrogens with zero attached hydrogens (tertiary/aromatic N) is 3. The zero-order valence-corrected chi connectivity index (χ0v) is 13.1. The van der Waals surface area contributed by atoms with Gasteiger partial charge in [-0.1, -0.05) is 11.6 Å². The van der Waals surface area contributed by atoms with E-state index in [1.54, 1.807) is 18.1 Å². The summed E-state index contributed by atoms with van der Waals surface area (Å²) in [4.78, 5) is 18.6. The molecule has 1 amide bonds. The minimum absolute atomic E-state index is 0.00218. The lowest BCUT2D eigenvalue weighted by Crippen LogP contribution is -2.28. The SMILES string of the molecule is CCNc1ccc(C)cc1C(=O)N(C)Cc1nccn1C. The van der Waals surface area contributed by atoms with Gasteiger partial charge in [0.15, 0.2) is 0 Å². The maximum Gasteiger partial charge on any atom is 0.256 e. The maximum absolute atomic E-state index is 12.7. The summed E-state index contributed by atoms with van der Waals surface area (Å²) < 4.78 is 1.92. The highest BCUT2D eigenvalue weighted by molar-refractivity contribution is 5.99. The van der Waals surface area contributed by atoms with Crippen LogP contribution in [0, 0.1) is 6.92 Å². The number of carbonyl (C=O) groups is 1. The van der Waals surface area contributed by atoms with E-state index in [2.05, 4.69) is 10.3 Å². The number of aryl methyl sites for hydroxylation is 2. The standard InChI is InChI=1S/C16H22N4O/c1-5-17-14-7-6-12(2)10-13(14)16(21)20(4)11-15-18-8-9-19(15)3/h6-10,17H,5,11H2,1-4H3. The summed E-state index contributed by atoms with van der Waals surface area (Å²) in [5.41, 5.74) is 2.65. The van der Waals surface area contributed by atoms with E-state index >= 15 is 0 Å². The molecule has 0 bridgehead atoms. The van der Waals surface area contributed by atoms with E-state index in [9.17, 15) is 4.79 Å². The Morgan fingerprint density at radius 1 is 1.43 bits per heavy atom. The molecule has 0 saturated heterocycles. The molecule has 0 aliphatic carbocycles. The first-order valence-corrected chi connectivity index (χ1v) is 7.09. The quantitative estimate of drug-likeness (QED) is 0.918. The first-order chi connectivity index (χ1) is 10.0. The van der Waals surface area contributed by atoms with Gasteiger partial charge < -0.3 is 14.8 Å². The molecule has 0 radical (unpaired) electrons. The monoisotopic (exact) mass is 286 g/mol. The Morgan fingerprint density at radius 2 is 2.19 bits per heavy atom. The molecule has 21 heavy (non-hydrogen) atoms. The summed E-state index contributed by atoms with van der Waals surface area (Å²) in [6.45, 7) is 5.28. The molecule has 0 unspecified atom stereocenters. The van der Waals surface area contributed by atoms with Crippen LogP contribution in [0.15, 0.2) is 30.6 Å². The fourth-order valence-corrected chi connectivity index (χ4v) is 2.22. The molecular weight excluding hydrogens is 264 g/mol. The van der Waals surface area contributed by atoms with E-state index in [1.165, 1.54) is 0 Å². The molecule has 1 heterocycles. The molecule has 5 heteroatoms. The number of anilines is 1. The van der Waals surface area contributed by atoms with Crippen LogP contribution in [0.3, 0.4) is 0 Å². The maximum atomic E-state index is 12.7. The summed E-state index contributed by atoms with van der Waals surface area (Å²) in [5, 5.41) is 3.24. The number of rotatable bonds is 5. The zero-order chi connectivity index (χ0) is 15.4. The van der Waals surface area contributed by atoms with E-state index in [4.69, 9.17) is 0 Å². The molecule has 2 rings (SSSR count). The third-order valence-electron chi connectivity index (χ3n) is 3.42. The van der Waals surface area contributed by atoms with Crippen LogP contribution in [-0.4, -0.2) is 34.0 Å². The average Bonchev–Trinajstić information content (AvgIpc) is 2.85. The van der Waals surface area contributed by atoms with Crippen molar-refractivity contribution in [3.63, 3.8) is 0 Å². The second kappa shape index (κ2) is 6.43. The second-order valence-corrected chi connectivity index (χ2v) is 5.19. The summed E-state index contributed by atoms with van der Waals surface area (Å²) in [7, 11) is 3.73. The number of imidazole rings is 1. The van der Waals surface area contributed by atoms with Crippen molar-refractivity contribution in [1.82, 2.24) is 14.5 Å². The van der Waals surface area contributed by atoms with Crippen molar-refractivity contribution in [2.75, 3.05) is 18.9 Å². The van der Waals surface area contributed by atoms with Gasteiger partial charge >= 0.3 is 0 Å². The second-order valence-electron chi connectivity index (χ2n) is 5.19. The van der Waals surface area contributed by atoms with Gasteiger partial charge in [0.05, 0.1) is 12.1 Å². The summed E-state index contributed by atoms with van der Waals surface area (Å²) in [6.07, 6.45) is 3.62. The van der Waals surface area contributed by atoms with Crippen molar-refractivity contribution in [2.24, 2.45) is 7.05 Å². The Labute approximate surface area is 125 Å². The third kappa shape index (κ3) is 3.42. The molecule has 0 spiro atoms. The van der Waals surface area contributed by atoms with Crippen LogP contribution in [0.4, 0.5) is 5.69 Å². The first-order valence-electron chi connectivity index (χ1n) is 7.09. The zero-order valence-electron chi connectivity index (χ0n) is 13.1. The fourth-order valence-electron chi connectivity index (χ4n) is 2.22. The van der Waals surface area contributed by atoms with Crippen LogP contribution in [-0.2, 0) is 13.6 Å². The normalized spacial score (nSPS) is 10.5. The van der Waals surface area contributed by atoms with Crippen LogP contribution in [0.25, 0.3) is 0 Å². The highest BCUT2D eigenvalue weighted by Gasteiger charge is 2.17. The number of nitrogens with one attached hydrogen (secondary N) is 1. The number of aromatic nitrogens is 2. The molecule has 1 aromatic carbocycles. The summed E-state index contributed by atoms with van der Waals surface area (Å²) >= 11 is 0. The lowest BCUT2D eigenvalue weighted by molar-refractivity contribution is 0.0781. The Hall–Kier alpha value is -2.30. The molecule has 0 fully saturated rings. The van der Waals surface area contributed by atoms with E-state index in [-0.39, 0.29) is 5.91 Å². The van der Waals surface area contributed by atoms with Gasteiger partial charge in [-0.15, -0.1) is 0 Å². The van der Waals surface area contributed by atoms with Gasteiger partial charge in [-0.3, -0.25) is 4.79 Å². The predicted molar refractivity (Wildman–Crippen MR) is 84.3 cm³/mol. The third-order valence-corrected chi connectivity index (χ3v) is 3.42. The van der Waals surface area contributed by atoms with E-state index < -0.39 is 0 Å². The van der Waals surface area contributed by atoms with Crippen LogP contribution in [0.2, 0.25) is 0 Å². The highest BCUT2D eigenvalue weighted by atomic mass is 16.2. The Morgan fingerprint density at radius 3 is 2.81 bits per heavy atom. The molecule has 0 saturated carbocycles. The van der Waals surface area contributed by atoms with Crippen LogP contribution in [0.1, 0.15) is 28.7 Å². The molecule has 2 aromatic rings. The number of hydrogen-bond donors (Lipinski definition) is 1. The molecule has 0 aliphatic heterocycles. The van der Waals surface area contributed by atoms with E-state index in [1.807, 2.05) is 49.9 Å². The molecule has 112 valence electrons. The van der Waals surface area contributed by atoms with E-state index in [0.717, 1.165) is 23.6 Å². The van der Waals surface area contributed by atoms with Gasteiger partial charge in [-0.05, 0) is 26.0 Å². The average molecular weight is 286 g/mol. The molecule has 1 N–H and O–H groups in total. The molecule has 0 aliphatic rings. The van der Waals surface area contributed by atoms with Gasteiger partial charge in [0.25, 0.3) is 5.91 Å². The topological polar surface area (TPSA) is 50.2 Å². The van der Waals surface area contributed by atoms with Crippen LogP contribution in [0.5, 0.6) is 0 Å². The number of hydrogen-bond acceptors (Lipinski definition) is 3. The molecule has 0 atom stereocenters. The van der Waals surface area contributed by atoms with Crippen molar-refractivity contribution < 1.29 is 4.79 Å². The summed E-state index contributed by atoms with van der Waals surface area (Å²) in [5.74, 6) is 0.862. The van der Waals surface area contributed by atoms with Crippen LogP contribution < -0.4 is 5.32 Å². The number of carbonyl (C=O) groups excluding carboxylic acids is 1. The van der Waals surface area contributed by atoms with Crippen molar-refractivity contribution in [3.05, 3.63) is 47.5 Å². The number of benzene rings is 1. The van der Waals surface area contributed by atoms with Gasteiger partial charge in [0.2, 0.25) is 0 Å². The van der Waals surface area contributed by atoms with Gasteiger partial charge in [0.1, 0.15) is 5.82 Å². The van der Waals surface area contributed by atoms with Crippen LogP contribution >= 0.6 is 0 Å². The van der Waals surface area contributed by atoms with Crippen molar-refractivity contribution in [2.45, 2.75) is 20.4 Å². The largest absolute Gasteiger partial charge is 0.385 e. The van der Waals surface area contributed by atoms with Gasteiger partial charge in [-0.2, -0.15) is 0 Å². The number of amides is 1. The highest BCUT2D eigenvalue weighted by Crippen LogP contribution is 2.19. The van der Waals surface area contributed by atoms with E-state index in [0.29, 0.717) is 12.1 Å². The van der Waals surface area contributed by atoms with Gasteiger partial charge in [-0.25, -0.2) is 4.98 Å². The smallest absolute Gasteiger partial charge is 0.256 e. The molecular formula is C16H22N4O. The summed E-state index contributed by atoms with van der Waals surface area (Å²) in [6, 6.07) is 5.89. The van der Waals surface area contributed by atoms with Crippen molar-refractivity contribution in [3.8, 4) is 0 Å². The fraction of sp³-hybridized carbons (Fsp3) is 0.375. The predicted octanol–water partition coefficient (Wildman–Crippen LogP) is 2.43. The molecule has 5 nitrogen and oxygen atoms in total. The Kier molecular flexibility index (Phi) is 4.62. The minimum atomic E-state index is -0.00218.